The molecule has 0 aromatic rings. The second-order valence-corrected chi connectivity index (χ2v) is 4.73. The summed E-state index contributed by atoms with van der Waals surface area (Å²) in [5, 5.41) is 0. The molecule has 0 N–H and O–H groups in total. The Kier molecular flexibility index (Phi) is 11.7. The summed E-state index contributed by atoms with van der Waals surface area (Å²) >= 11 is 0. The Bertz CT molecular complexity index is 129. The highest BCUT2D eigenvalue weighted by atomic mass is 14.3. The molecule has 0 heterocycles. The molecule has 0 aliphatic rings. The van der Waals surface area contributed by atoms with Crippen LogP contribution in [-0.4, -0.2) is 0 Å². The molecule has 15 heavy (non-hydrogen) atoms. The summed E-state index contributed by atoms with van der Waals surface area (Å²) in [7, 11) is 0. The van der Waals surface area contributed by atoms with Gasteiger partial charge in [-0.1, -0.05) is 60.5 Å². The Morgan fingerprint density at radius 3 is 1.80 bits per heavy atom. The van der Waals surface area contributed by atoms with Gasteiger partial charge in [0.25, 0.3) is 0 Å². The minimum atomic E-state index is 0.553. The summed E-state index contributed by atoms with van der Waals surface area (Å²) in [5.74, 6) is 0.670. The normalized spacial score (nSPS) is 12.7. The predicted molar refractivity (Wildman–Crippen MR) is 73.2 cm³/mol. The Balaban J connectivity index is 0. The Hall–Kier alpha value is -0.260. The van der Waals surface area contributed by atoms with E-state index in [1.165, 1.54) is 32.1 Å². The second kappa shape index (κ2) is 10.3. The van der Waals surface area contributed by atoms with Crippen LogP contribution in [0.25, 0.3) is 0 Å². The summed E-state index contributed by atoms with van der Waals surface area (Å²) in [4.78, 5) is 0. The molecule has 92 valence electrons. The maximum Gasteiger partial charge on any atom is -0.0259 e. The lowest BCUT2D eigenvalue weighted by molar-refractivity contribution is 0.221. The second-order valence-electron chi connectivity index (χ2n) is 4.73. The number of allylic oxidation sites excluding steroid dienone is 1. The van der Waals surface area contributed by atoms with Gasteiger partial charge in [0.15, 0.2) is 0 Å². The lowest BCUT2D eigenvalue weighted by Gasteiger charge is -2.31. The van der Waals surface area contributed by atoms with Crippen LogP contribution in [0.2, 0.25) is 0 Å². The third-order valence-electron chi connectivity index (χ3n) is 2.92. The van der Waals surface area contributed by atoms with Crippen molar-refractivity contribution in [3.63, 3.8) is 0 Å². The fourth-order valence-corrected chi connectivity index (χ4v) is 2.40. The van der Waals surface area contributed by atoms with E-state index in [4.69, 9.17) is 0 Å². The highest BCUT2D eigenvalue weighted by Gasteiger charge is 2.23. The highest BCUT2D eigenvalue weighted by Crippen LogP contribution is 2.36. The number of rotatable bonds is 7. The predicted octanol–water partition coefficient (Wildman–Crippen LogP) is 5.83. The molecule has 0 bridgehead atoms. The summed E-state index contributed by atoms with van der Waals surface area (Å²) in [5.41, 5.74) is 0.553. The van der Waals surface area contributed by atoms with E-state index < -0.39 is 0 Å². The molecule has 0 heteroatoms. The van der Waals surface area contributed by atoms with Crippen LogP contribution in [0.15, 0.2) is 12.7 Å². The van der Waals surface area contributed by atoms with Gasteiger partial charge in [0.1, 0.15) is 0 Å². The minimum Gasteiger partial charge on any atom is -0.103 e. The molecule has 0 fully saturated rings. The van der Waals surface area contributed by atoms with Gasteiger partial charge in [-0.15, -0.1) is 6.58 Å². The van der Waals surface area contributed by atoms with Crippen molar-refractivity contribution in [3.05, 3.63) is 12.7 Å². The van der Waals surface area contributed by atoms with E-state index in [0.29, 0.717) is 11.3 Å². The maximum absolute atomic E-state index is 3.87. The van der Waals surface area contributed by atoms with Crippen molar-refractivity contribution in [1.82, 2.24) is 0 Å². The molecule has 0 rings (SSSR count). The molecule has 0 amide bonds. The average molecular weight is 212 g/mol. The van der Waals surface area contributed by atoms with Crippen LogP contribution in [0.1, 0.15) is 73.6 Å². The molecule has 0 aromatic carbocycles. The van der Waals surface area contributed by atoms with Crippen molar-refractivity contribution in [3.8, 4) is 0 Å². The summed E-state index contributed by atoms with van der Waals surface area (Å²) in [6.45, 7) is 17.1. The standard InChI is InChI=1S/C13H26.C2H6/c1-6-9-13(5,10-7-2)11-12(4)8-3;1-2/h8,12H,3,6-7,9-11H2,1-2,4-5H3;1-2H3. The van der Waals surface area contributed by atoms with Gasteiger partial charge in [-0.05, 0) is 30.6 Å². The molecule has 0 aliphatic heterocycles. The smallest absolute Gasteiger partial charge is 0.0259 e. The highest BCUT2D eigenvalue weighted by molar-refractivity contribution is 4.83. The van der Waals surface area contributed by atoms with Crippen LogP contribution in [0.4, 0.5) is 0 Å². The minimum absolute atomic E-state index is 0.553. The van der Waals surface area contributed by atoms with E-state index in [9.17, 15) is 0 Å². The van der Waals surface area contributed by atoms with E-state index in [1.54, 1.807) is 0 Å². The topological polar surface area (TPSA) is 0 Å². The fraction of sp³-hybridized carbons (Fsp3) is 0.867. The Labute approximate surface area is 98.2 Å². The summed E-state index contributed by atoms with van der Waals surface area (Å²) in [6, 6.07) is 0. The van der Waals surface area contributed by atoms with Crippen LogP contribution in [0, 0.1) is 11.3 Å². The largest absolute Gasteiger partial charge is 0.103 e. The Morgan fingerprint density at radius 1 is 1.13 bits per heavy atom. The van der Waals surface area contributed by atoms with Gasteiger partial charge >= 0.3 is 0 Å². The zero-order valence-electron chi connectivity index (χ0n) is 11.9. The quantitative estimate of drug-likeness (QED) is 0.466. The maximum atomic E-state index is 3.87. The van der Waals surface area contributed by atoms with E-state index >= 15 is 0 Å². The molecule has 0 aliphatic carbocycles. The summed E-state index contributed by atoms with van der Waals surface area (Å²) < 4.78 is 0. The zero-order chi connectivity index (χ0) is 12.3. The fourth-order valence-electron chi connectivity index (χ4n) is 2.40. The molecule has 0 aromatic heterocycles. The molecule has 0 radical (unpaired) electrons. The van der Waals surface area contributed by atoms with Crippen LogP contribution in [0.3, 0.4) is 0 Å². The van der Waals surface area contributed by atoms with Crippen LogP contribution < -0.4 is 0 Å². The van der Waals surface area contributed by atoms with Crippen molar-refractivity contribution in [2.24, 2.45) is 11.3 Å². The zero-order valence-corrected chi connectivity index (χ0v) is 11.9. The SMILES string of the molecule is C=CC(C)CC(C)(CCC)CCC.CC. The number of hydrogen-bond donors (Lipinski definition) is 0. The van der Waals surface area contributed by atoms with E-state index in [1.807, 2.05) is 13.8 Å². The number of hydrogen-bond acceptors (Lipinski definition) is 0. The van der Waals surface area contributed by atoms with Crippen LogP contribution >= 0.6 is 0 Å². The average Bonchev–Trinajstić information content (AvgIpc) is 2.21. The first-order valence-electron chi connectivity index (χ1n) is 6.70. The molecule has 0 saturated carbocycles. The molecule has 1 unspecified atom stereocenters. The van der Waals surface area contributed by atoms with Crippen molar-refractivity contribution >= 4 is 0 Å². The van der Waals surface area contributed by atoms with E-state index in [-0.39, 0.29) is 0 Å². The van der Waals surface area contributed by atoms with Gasteiger partial charge in [-0.2, -0.15) is 0 Å². The van der Waals surface area contributed by atoms with E-state index in [0.717, 1.165) is 0 Å². The third-order valence-corrected chi connectivity index (χ3v) is 2.92. The molecule has 0 spiro atoms. The Morgan fingerprint density at radius 2 is 1.53 bits per heavy atom. The van der Waals surface area contributed by atoms with Gasteiger partial charge in [-0.3, -0.25) is 0 Å². The lowest BCUT2D eigenvalue weighted by atomic mass is 9.75. The molecular weight excluding hydrogens is 180 g/mol. The summed E-state index contributed by atoms with van der Waals surface area (Å²) in [6.07, 6.45) is 8.72. The molecular formula is C15H32. The van der Waals surface area contributed by atoms with Gasteiger partial charge in [-0.25, -0.2) is 0 Å². The first kappa shape index (κ1) is 17.1. The van der Waals surface area contributed by atoms with E-state index in [2.05, 4.69) is 40.3 Å². The van der Waals surface area contributed by atoms with Gasteiger partial charge in [0.05, 0.1) is 0 Å². The van der Waals surface area contributed by atoms with Crippen LogP contribution in [-0.2, 0) is 0 Å². The first-order chi connectivity index (χ1) is 7.08. The van der Waals surface area contributed by atoms with Gasteiger partial charge in [0.2, 0.25) is 0 Å². The third kappa shape index (κ3) is 8.72. The van der Waals surface area contributed by atoms with Gasteiger partial charge < -0.3 is 0 Å². The lowest BCUT2D eigenvalue weighted by Crippen LogP contribution is -2.18. The van der Waals surface area contributed by atoms with Crippen molar-refractivity contribution < 1.29 is 0 Å². The molecule has 1 atom stereocenters. The van der Waals surface area contributed by atoms with Crippen molar-refractivity contribution in [2.75, 3.05) is 0 Å². The van der Waals surface area contributed by atoms with Crippen molar-refractivity contribution in [2.45, 2.75) is 73.6 Å². The monoisotopic (exact) mass is 212 g/mol. The first-order valence-corrected chi connectivity index (χ1v) is 6.70. The van der Waals surface area contributed by atoms with Gasteiger partial charge in [0, 0.05) is 0 Å². The molecule has 0 nitrogen and oxygen atoms in total. The van der Waals surface area contributed by atoms with Crippen molar-refractivity contribution in [1.29, 1.82) is 0 Å². The molecule has 0 saturated heterocycles. The van der Waals surface area contributed by atoms with Crippen LogP contribution in [0.5, 0.6) is 0 Å².